The third-order valence-electron chi connectivity index (χ3n) is 7.86. The summed E-state index contributed by atoms with van der Waals surface area (Å²) in [6.07, 6.45) is 5.78. The van der Waals surface area contributed by atoms with Crippen molar-refractivity contribution in [3.8, 4) is 34.5 Å². The number of ether oxygens (including phenoxy) is 1. The standard InChI is InChI=1S/C33H33FN6O2/c1-38-28(14-9-23-15-18-40(19-16-23)29(41)8-5-17-39-20-25(34)21-39)30(31-32(35)36-22-37-33(31)38)24-10-12-27(13-11-24)42-26-6-3-2-4-7-26/h2-8,10-13,22-23,25H,15-21H2,1H3,(H2,35,36,37)/b8-5+. The summed E-state index contributed by atoms with van der Waals surface area (Å²) in [4.78, 5) is 25.2. The van der Waals surface area contributed by atoms with Gasteiger partial charge in [0, 0.05) is 57.3 Å². The number of aromatic nitrogens is 3. The average molecular weight is 565 g/mol. The number of amides is 1. The monoisotopic (exact) mass is 564 g/mol. The number of aryl methyl sites for hydroxylation is 1. The highest BCUT2D eigenvalue weighted by molar-refractivity contribution is 6.03. The molecule has 0 aliphatic carbocycles. The van der Waals surface area contributed by atoms with E-state index in [9.17, 15) is 9.18 Å². The summed E-state index contributed by atoms with van der Waals surface area (Å²) in [5.41, 5.74) is 9.73. The topological polar surface area (TPSA) is 89.5 Å². The van der Waals surface area contributed by atoms with Crippen LogP contribution in [0.1, 0.15) is 18.5 Å². The van der Waals surface area contributed by atoms with Crippen molar-refractivity contribution in [2.75, 3.05) is 38.5 Å². The SMILES string of the molecule is Cn1c(C#CC2CCN(C(=O)/C=C/CN3CC(F)C3)CC2)c(-c2ccc(Oc3ccccc3)cc2)c2c(N)ncnc21. The van der Waals surface area contributed by atoms with Gasteiger partial charge >= 0.3 is 0 Å². The number of alkyl halides is 1. The summed E-state index contributed by atoms with van der Waals surface area (Å²) in [6.45, 7) is 2.82. The lowest BCUT2D eigenvalue weighted by Crippen LogP contribution is -2.48. The molecule has 2 aliphatic heterocycles. The van der Waals surface area contributed by atoms with E-state index in [1.165, 1.54) is 6.33 Å². The molecule has 0 bridgehead atoms. The predicted molar refractivity (Wildman–Crippen MR) is 162 cm³/mol. The Morgan fingerprint density at radius 2 is 1.79 bits per heavy atom. The summed E-state index contributed by atoms with van der Waals surface area (Å²) >= 11 is 0. The molecule has 6 rings (SSSR count). The first-order valence-corrected chi connectivity index (χ1v) is 14.2. The number of carbonyl (C=O) groups excluding carboxylic acids is 1. The number of hydrogen-bond acceptors (Lipinski definition) is 6. The van der Waals surface area contributed by atoms with E-state index < -0.39 is 6.17 Å². The van der Waals surface area contributed by atoms with Crippen molar-refractivity contribution in [1.29, 1.82) is 0 Å². The number of likely N-dealkylation sites (tertiary alicyclic amines) is 2. The molecule has 0 radical (unpaired) electrons. The molecule has 2 fully saturated rings. The minimum atomic E-state index is -0.732. The number of nitrogens with two attached hydrogens (primary N) is 1. The Hall–Kier alpha value is -4.68. The van der Waals surface area contributed by atoms with Gasteiger partial charge in [0.1, 0.15) is 41.2 Å². The summed E-state index contributed by atoms with van der Waals surface area (Å²) < 4.78 is 20.9. The molecule has 2 saturated heterocycles. The molecule has 4 heterocycles. The molecule has 2 aromatic heterocycles. The van der Waals surface area contributed by atoms with Crippen LogP contribution in [0.25, 0.3) is 22.2 Å². The van der Waals surface area contributed by atoms with E-state index in [1.54, 1.807) is 6.08 Å². The first kappa shape index (κ1) is 27.5. The highest BCUT2D eigenvalue weighted by atomic mass is 19.1. The molecule has 9 heteroatoms. The van der Waals surface area contributed by atoms with Crippen LogP contribution in [0.15, 0.2) is 73.1 Å². The zero-order valence-electron chi connectivity index (χ0n) is 23.5. The number of nitrogen functional groups attached to an aromatic ring is 1. The van der Waals surface area contributed by atoms with Gasteiger partial charge in [-0.05, 0) is 48.6 Å². The maximum atomic E-state index is 13.0. The minimum Gasteiger partial charge on any atom is -0.457 e. The molecule has 42 heavy (non-hydrogen) atoms. The van der Waals surface area contributed by atoms with Gasteiger partial charge in [-0.25, -0.2) is 14.4 Å². The average Bonchev–Trinajstić information content (AvgIpc) is 3.28. The number of anilines is 1. The second-order valence-electron chi connectivity index (χ2n) is 10.8. The molecular weight excluding hydrogens is 531 g/mol. The summed E-state index contributed by atoms with van der Waals surface area (Å²) in [5.74, 6) is 8.97. The van der Waals surface area contributed by atoms with Gasteiger partial charge < -0.3 is 19.9 Å². The fraction of sp³-hybridized carbons (Fsp3) is 0.303. The van der Waals surface area contributed by atoms with Crippen LogP contribution in [0.5, 0.6) is 11.5 Å². The quantitative estimate of drug-likeness (QED) is 0.267. The summed E-state index contributed by atoms with van der Waals surface area (Å²) in [5, 5.41) is 0.772. The zero-order chi connectivity index (χ0) is 29.1. The van der Waals surface area contributed by atoms with E-state index in [2.05, 4.69) is 21.8 Å². The number of carbonyl (C=O) groups is 1. The van der Waals surface area contributed by atoms with Crippen molar-refractivity contribution >= 4 is 22.8 Å². The third-order valence-corrected chi connectivity index (χ3v) is 7.86. The first-order chi connectivity index (χ1) is 20.5. The Balaban J connectivity index is 1.19. The fourth-order valence-electron chi connectivity index (χ4n) is 5.50. The number of rotatable bonds is 6. The van der Waals surface area contributed by atoms with Gasteiger partial charge in [0.05, 0.1) is 5.39 Å². The Morgan fingerprint density at radius 1 is 1.07 bits per heavy atom. The Morgan fingerprint density at radius 3 is 2.50 bits per heavy atom. The molecule has 0 atom stereocenters. The van der Waals surface area contributed by atoms with Crippen molar-refractivity contribution < 1.29 is 13.9 Å². The van der Waals surface area contributed by atoms with Crippen LogP contribution in [0.3, 0.4) is 0 Å². The molecule has 0 spiro atoms. The smallest absolute Gasteiger partial charge is 0.246 e. The third kappa shape index (κ3) is 5.85. The summed E-state index contributed by atoms with van der Waals surface area (Å²) in [7, 11) is 1.94. The highest BCUT2D eigenvalue weighted by Crippen LogP contribution is 2.37. The van der Waals surface area contributed by atoms with Gasteiger partial charge in [0.2, 0.25) is 5.91 Å². The van der Waals surface area contributed by atoms with Crippen molar-refractivity contribution in [2.45, 2.75) is 19.0 Å². The van der Waals surface area contributed by atoms with Gasteiger partial charge in [-0.2, -0.15) is 0 Å². The van der Waals surface area contributed by atoms with Gasteiger partial charge in [-0.1, -0.05) is 42.3 Å². The summed E-state index contributed by atoms with van der Waals surface area (Å²) in [6, 6.07) is 17.5. The van der Waals surface area contributed by atoms with Crippen LogP contribution in [-0.2, 0) is 11.8 Å². The molecule has 1 amide bonds. The van der Waals surface area contributed by atoms with Crippen LogP contribution >= 0.6 is 0 Å². The van der Waals surface area contributed by atoms with E-state index in [0.29, 0.717) is 38.5 Å². The number of benzene rings is 2. The molecule has 214 valence electrons. The normalized spacial score (nSPS) is 16.4. The molecule has 2 N–H and O–H groups in total. The molecule has 0 unspecified atom stereocenters. The molecule has 8 nitrogen and oxygen atoms in total. The maximum Gasteiger partial charge on any atom is 0.246 e. The van der Waals surface area contributed by atoms with E-state index in [4.69, 9.17) is 10.5 Å². The van der Waals surface area contributed by atoms with Crippen molar-refractivity contribution in [1.82, 2.24) is 24.3 Å². The van der Waals surface area contributed by atoms with E-state index in [1.807, 2.05) is 82.1 Å². The van der Waals surface area contributed by atoms with Gasteiger partial charge in [-0.15, -0.1) is 0 Å². The number of nitrogens with zero attached hydrogens (tertiary/aromatic N) is 5. The van der Waals surface area contributed by atoms with E-state index in [0.717, 1.165) is 52.2 Å². The highest BCUT2D eigenvalue weighted by Gasteiger charge is 2.25. The van der Waals surface area contributed by atoms with Crippen LogP contribution in [0.4, 0.5) is 10.2 Å². The number of halogens is 1. The zero-order valence-corrected chi connectivity index (χ0v) is 23.5. The van der Waals surface area contributed by atoms with E-state index in [-0.39, 0.29) is 11.8 Å². The van der Waals surface area contributed by atoms with Crippen LogP contribution in [-0.4, -0.2) is 69.1 Å². The number of fused-ring (bicyclic) bond motifs is 1. The first-order valence-electron chi connectivity index (χ1n) is 14.2. The molecular formula is C33H33FN6O2. The Kier molecular flexibility index (Phi) is 7.89. The van der Waals surface area contributed by atoms with Gasteiger partial charge in [-0.3, -0.25) is 9.69 Å². The lowest BCUT2D eigenvalue weighted by atomic mass is 9.96. The molecule has 0 saturated carbocycles. The fourth-order valence-corrected chi connectivity index (χ4v) is 5.50. The number of hydrogen-bond donors (Lipinski definition) is 1. The maximum absolute atomic E-state index is 13.0. The Labute approximate surface area is 244 Å². The largest absolute Gasteiger partial charge is 0.457 e. The molecule has 2 aromatic carbocycles. The number of para-hydroxylation sites is 1. The number of piperidine rings is 1. The minimum absolute atomic E-state index is 0.00319. The van der Waals surface area contributed by atoms with Crippen LogP contribution in [0, 0.1) is 17.8 Å². The van der Waals surface area contributed by atoms with E-state index >= 15 is 0 Å². The lowest BCUT2D eigenvalue weighted by Gasteiger charge is -2.33. The lowest BCUT2D eigenvalue weighted by molar-refractivity contribution is -0.127. The molecule has 2 aliphatic rings. The van der Waals surface area contributed by atoms with Gasteiger partial charge in [0.25, 0.3) is 0 Å². The second kappa shape index (κ2) is 12.0. The predicted octanol–water partition coefficient (Wildman–Crippen LogP) is 4.81. The van der Waals surface area contributed by atoms with Crippen molar-refractivity contribution in [3.05, 3.63) is 78.8 Å². The van der Waals surface area contributed by atoms with Crippen LogP contribution < -0.4 is 10.5 Å². The van der Waals surface area contributed by atoms with Crippen molar-refractivity contribution in [2.24, 2.45) is 13.0 Å². The molecule has 4 aromatic rings. The second-order valence-corrected chi connectivity index (χ2v) is 10.8. The van der Waals surface area contributed by atoms with Crippen LogP contribution in [0.2, 0.25) is 0 Å². The van der Waals surface area contributed by atoms with Gasteiger partial charge in [0.15, 0.2) is 0 Å². The van der Waals surface area contributed by atoms with Crippen molar-refractivity contribution in [3.63, 3.8) is 0 Å². The Bertz CT molecular complexity index is 1660.